The Balaban J connectivity index is 2.31. The highest BCUT2D eigenvalue weighted by Gasteiger charge is 2.22. The molecule has 2 N–H and O–H groups in total. The molecule has 4 nitrogen and oxygen atoms in total. The SMILES string of the molecule is Cc1nc(N)c(C)c(N(C)C2CCCC2)n1. The van der Waals surface area contributed by atoms with Crippen molar-refractivity contribution in [3.05, 3.63) is 11.4 Å². The highest BCUT2D eigenvalue weighted by molar-refractivity contribution is 5.56. The van der Waals surface area contributed by atoms with E-state index in [9.17, 15) is 0 Å². The first-order chi connectivity index (χ1) is 7.59. The maximum absolute atomic E-state index is 5.88. The molecule has 1 aliphatic rings. The molecule has 0 aromatic carbocycles. The zero-order valence-corrected chi connectivity index (χ0v) is 10.3. The molecule has 2 rings (SSSR count). The molecule has 1 fully saturated rings. The minimum Gasteiger partial charge on any atom is -0.383 e. The van der Waals surface area contributed by atoms with Gasteiger partial charge in [0.2, 0.25) is 0 Å². The summed E-state index contributed by atoms with van der Waals surface area (Å²) in [5.74, 6) is 2.35. The summed E-state index contributed by atoms with van der Waals surface area (Å²) >= 11 is 0. The fourth-order valence-electron chi connectivity index (χ4n) is 2.44. The molecule has 1 aromatic heterocycles. The number of nitrogen functional groups attached to an aromatic ring is 1. The molecule has 0 atom stereocenters. The molecule has 88 valence electrons. The van der Waals surface area contributed by atoms with E-state index >= 15 is 0 Å². The third kappa shape index (κ3) is 1.96. The van der Waals surface area contributed by atoms with Crippen molar-refractivity contribution < 1.29 is 0 Å². The van der Waals surface area contributed by atoms with E-state index in [1.807, 2.05) is 13.8 Å². The number of rotatable bonds is 2. The van der Waals surface area contributed by atoms with Gasteiger partial charge in [-0.25, -0.2) is 9.97 Å². The summed E-state index contributed by atoms with van der Waals surface area (Å²) in [6.07, 6.45) is 5.18. The highest BCUT2D eigenvalue weighted by Crippen LogP contribution is 2.29. The molecule has 0 radical (unpaired) electrons. The maximum Gasteiger partial charge on any atom is 0.137 e. The van der Waals surface area contributed by atoms with E-state index in [1.165, 1.54) is 25.7 Å². The predicted octanol–water partition coefficient (Wildman–Crippen LogP) is 2.05. The number of aryl methyl sites for hydroxylation is 1. The monoisotopic (exact) mass is 220 g/mol. The summed E-state index contributed by atoms with van der Waals surface area (Å²) < 4.78 is 0. The zero-order valence-electron chi connectivity index (χ0n) is 10.3. The fraction of sp³-hybridized carbons (Fsp3) is 0.667. The van der Waals surface area contributed by atoms with Crippen molar-refractivity contribution in [3.63, 3.8) is 0 Å². The van der Waals surface area contributed by atoms with Gasteiger partial charge >= 0.3 is 0 Å². The third-order valence-electron chi connectivity index (χ3n) is 3.48. The molecule has 1 aromatic rings. The first kappa shape index (κ1) is 11.2. The van der Waals surface area contributed by atoms with Crippen LogP contribution in [0, 0.1) is 13.8 Å². The highest BCUT2D eigenvalue weighted by atomic mass is 15.2. The van der Waals surface area contributed by atoms with Crippen LogP contribution in [-0.2, 0) is 0 Å². The van der Waals surface area contributed by atoms with Crippen LogP contribution < -0.4 is 10.6 Å². The van der Waals surface area contributed by atoms with E-state index in [2.05, 4.69) is 21.9 Å². The average molecular weight is 220 g/mol. The van der Waals surface area contributed by atoms with Crippen molar-refractivity contribution in [2.24, 2.45) is 0 Å². The average Bonchev–Trinajstić information content (AvgIpc) is 2.75. The molecular weight excluding hydrogens is 200 g/mol. The van der Waals surface area contributed by atoms with E-state index in [0.29, 0.717) is 11.9 Å². The van der Waals surface area contributed by atoms with Crippen LogP contribution in [-0.4, -0.2) is 23.1 Å². The van der Waals surface area contributed by atoms with Crippen LogP contribution in [0.3, 0.4) is 0 Å². The van der Waals surface area contributed by atoms with E-state index in [-0.39, 0.29) is 0 Å². The predicted molar refractivity (Wildman–Crippen MR) is 66.6 cm³/mol. The van der Waals surface area contributed by atoms with Gasteiger partial charge in [0.1, 0.15) is 17.5 Å². The quantitative estimate of drug-likeness (QED) is 0.828. The first-order valence-electron chi connectivity index (χ1n) is 5.93. The molecule has 0 bridgehead atoms. The van der Waals surface area contributed by atoms with Gasteiger partial charge in [0.15, 0.2) is 0 Å². The Morgan fingerprint density at radius 1 is 1.19 bits per heavy atom. The summed E-state index contributed by atoms with van der Waals surface area (Å²) in [6, 6.07) is 0.618. The Labute approximate surface area is 96.9 Å². The van der Waals surface area contributed by atoms with Gasteiger partial charge in [-0.1, -0.05) is 12.8 Å². The second-order valence-corrected chi connectivity index (χ2v) is 4.65. The summed E-state index contributed by atoms with van der Waals surface area (Å²) in [7, 11) is 2.12. The normalized spacial score (nSPS) is 16.7. The van der Waals surface area contributed by atoms with Gasteiger partial charge in [-0.2, -0.15) is 0 Å². The molecule has 4 heteroatoms. The van der Waals surface area contributed by atoms with Crippen molar-refractivity contribution in [3.8, 4) is 0 Å². The molecular formula is C12H20N4. The standard InChI is InChI=1S/C12H20N4/c1-8-11(13)14-9(2)15-12(8)16(3)10-6-4-5-7-10/h10H,4-7H2,1-3H3,(H2,13,14,15). The van der Waals surface area contributed by atoms with E-state index in [4.69, 9.17) is 5.73 Å². The minimum absolute atomic E-state index is 0.604. The van der Waals surface area contributed by atoms with Gasteiger partial charge < -0.3 is 10.6 Å². The van der Waals surface area contributed by atoms with Gasteiger partial charge in [0.25, 0.3) is 0 Å². The molecule has 0 saturated heterocycles. The number of hydrogen-bond acceptors (Lipinski definition) is 4. The topological polar surface area (TPSA) is 55.0 Å². The molecule has 0 unspecified atom stereocenters. The number of nitrogens with zero attached hydrogens (tertiary/aromatic N) is 3. The lowest BCUT2D eigenvalue weighted by Gasteiger charge is -2.27. The van der Waals surface area contributed by atoms with Crippen molar-refractivity contribution in [2.45, 2.75) is 45.6 Å². The molecule has 16 heavy (non-hydrogen) atoms. The fourth-order valence-corrected chi connectivity index (χ4v) is 2.44. The summed E-state index contributed by atoms with van der Waals surface area (Å²) in [5.41, 5.74) is 6.88. The van der Waals surface area contributed by atoms with Crippen LogP contribution in [0.25, 0.3) is 0 Å². The lowest BCUT2D eigenvalue weighted by atomic mass is 10.2. The Morgan fingerprint density at radius 3 is 2.44 bits per heavy atom. The molecule has 1 aliphatic carbocycles. The van der Waals surface area contributed by atoms with Crippen LogP contribution in [0.2, 0.25) is 0 Å². The van der Waals surface area contributed by atoms with Gasteiger partial charge in [-0.3, -0.25) is 0 Å². The van der Waals surface area contributed by atoms with Crippen LogP contribution >= 0.6 is 0 Å². The van der Waals surface area contributed by atoms with Crippen molar-refractivity contribution in [1.82, 2.24) is 9.97 Å². The lowest BCUT2D eigenvalue weighted by Crippen LogP contribution is -2.30. The molecule has 1 saturated carbocycles. The third-order valence-corrected chi connectivity index (χ3v) is 3.48. The molecule has 0 aliphatic heterocycles. The van der Waals surface area contributed by atoms with Crippen LogP contribution in [0.15, 0.2) is 0 Å². The van der Waals surface area contributed by atoms with E-state index in [0.717, 1.165) is 17.2 Å². The Bertz CT molecular complexity index is 383. The smallest absolute Gasteiger partial charge is 0.137 e. The van der Waals surface area contributed by atoms with Crippen molar-refractivity contribution >= 4 is 11.6 Å². The zero-order chi connectivity index (χ0) is 11.7. The summed E-state index contributed by atoms with van der Waals surface area (Å²) in [6.45, 7) is 3.89. The van der Waals surface area contributed by atoms with Crippen molar-refractivity contribution in [2.75, 3.05) is 17.7 Å². The van der Waals surface area contributed by atoms with Crippen molar-refractivity contribution in [1.29, 1.82) is 0 Å². The summed E-state index contributed by atoms with van der Waals surface area (Å²) in [4.78, 5) is 11.0. The number of nitrogens with two attached hydrogens (primary N) is 1. The molecule has 0 amide bonds. The Kier molecular flexibility index (Phi) is 2.99. The van der Waals surface area contributed by atoms with Crippen LogP contribution in [0.1, 0.15) is 37.1 Å². The van der Waals surface area contributed by atoms with Gasteiger partial charge in [0.05, 0.1) is 0 Å². The maximum atomic E-state index is 5.88. The minimum atomic E-state index is 0.604. The number of aromatic nitrogens is 2. The Hall–Kier alpha value is -1.32. The van der Waals surface area contributed by atoms with Crippen LogP contribution in [0.5, 0.6) is 0 Å². The van der Waals surface area contributed by atoms with Gasteiger partial charge in [-0.05, 0) is 26.7 Å². The second kappa shape index (κ2) is 4.28. The first-order valence-corrected chi connectivity index (χ1v) is 5.93. The van der Waals surface area contributed by atoms with Gasteiger partial charge in [-0.15, -0.1) is 0 Å². The largest absolute Gasteiger partial charge is 0.383 e. The Morgan fingerprint density at radius 2 is 1.81 bits per heavy atom. The number of hydrogen-bond donors (Lipinski definition) is 1. The molecule has 0 spiro atoms. The van der Waals surface area contributed by atoms with Crippen LogP contribution in [0.4, 0.5) is 11.6 Å². The lowest BCUT2D eigenvalue weighted by molar-refractivity contribution is 0.643. The van der Waals surface area contributed by atoms with E-state index in [1.54, 1.807) is 0 Å². The summed E-state index contributed by atoms with van der Waals surface area (Å²) in [5, 5.41) is 0. The van der Waals surface area contributed by atoms with Gasteiger partial charge in [0, 0.05) is 18.7 Å². The second-order valence-electron chi connectivity index (χ2n) is 4.65. The molecule has 1 heterocycles. The number of anilines is 2. The van der Waals surface area contributed by atoms with E-state index < -0.39 is 0 Å².